The lowest BCUT2D eigenvalue weighted by Crippen LogP contribution is -2.50. The van der Waals surface area contributed by atoms with Gasteiger partial charge in [0.25, 0.3) is 0 Å². The number of fused-ring (bicyclic) bond motifs is 1. The predicted octanol–water partition coefficient (Wildman–Crippen LogP) is 2.45. The van der Waals surface area contributed by atoms with Crippen molar-refractivity contribution in [2.45, 2.75) is 44.7 Å². The molecule has 0 atom stereocenters. The average Bonchev–Trinajstić information content (AvgIpc) is 2.96. The fraction of sp³-hybridized carbons (Fsp3) is 0.625. The molecular weight excluding hydrogens is 254 g/mol. The Morgan fingerprint density at radius 2 is 2.10 bits per heavy atom. The van der Waals surface area contributed by atoms with Gasteiger partial charge in [-0.1, -0.05) is 19.1 Å². The molecule has 3 rings (SSSR count). The molecule has 1 fully saturated rings. The second-order valence-corrected chi connectivity index (χ2v) is 6.13. The molecule has 0 bridgehead atoms. The Kier molecular flexibility index (Phi) is 3.85. The maximum Gasteiger partial charge on any atom is 0.231 e. The topological polar surface area (TPSA) is 50.7 Å². The quantitative estimate of drug-likeness (QED) is 0.887. The van der Waals surface area contributed by atoms with Crippen LogP contribution in [-0.2, 0) is 6.54 Å². The van der Waals surface area contributed by atoms with Gasteiger partial charge in [-0.15, -0.1) is 0 Å². The molecule has 20 heavy (non-hydrogen) atoms. The van der Waals surface area contributed by atoms with Crippen molar-refractivity contribution < 1.29 is 14.6 Å². The van der Waals surface area contributed by atoms with Crippen LogP contribution in [0.4, 0.5) is 0 Å². The van der Waals surface area contributed by atoms with Gasteiger partial charge in [-0.3, -0.25) is 0 Å². The Labute approximate surface area is 120 Å². The molecule has 4 nitrogen and oxygen atoms in total. The summed E-state index contributed by atoms with van der Waals surface area (Å²) in [5.41, 5.74) is 0.973. The molecule has 0 spiro atoms. The minimum Gasteiger partial charge on any atom is -0.454 e. The van der Waals surface area contributed by atoms with E-state index < -0.39 is 0 Å². The van der Waals surface area contributed by atoms with Crippen molar-refractivity contribution in [1.29, 1.82) is 0 Å². The molecule has 1 aromatic carbocycles. The van der Waals surface area contributed by atoms with Crippen molar-refractivity contribution in [2.75, 3.05) is 13.4 Å². The molecule has 1 saturated carbocycles. The molecule has 1 aromatic rings. The molecule has 4 heteroatoms. The first kappa shape index (κ1) is 13.7. The lowest BCUT2D eigenvalue weighted by Gasteiger charge is -2.39. The smallest absolute Gasteiger partial charge is 0.231 e. The van der Waals surface area contributed by atoms with Gasteiger partial charge in [0.2, 0.25) is 6.79 Å². The highest BCUT2D eigenvalue weighted by molar-refractivity contribution is 5.48. The van der Waals surface area contributed by atoms with Crippen LogP contribution in [0.15, 0.2) is 18.2 Å². The molecule has 0 amide bonds. The van der Waals surface area contributed by atoms with E-state index >= 15 is 0 Å². The Morgan fingerprint density at radius 1 is 1.30 bits per heavy atom. The fourth-order valence-electron chi connectivity index (χ4n) is 3.12. The average molecular weight is 277 g/mol. The largest absolute Gasteiger partial charge is 0.454 e. The Morgan fingerprint density at radius 3 is 2.85 bits per heavy atom. The lowest BCUT2D eigenvalue weighted by molar-refractivity contribution is 0.104. The molecule has 110 valence electrons. The predicted molar refractivity (Wildman–Crippen MR) is 76.9 cm³/mol. The van der Waals surface area contributed by atoms with Gasteiger partial charge < -0.3 is 19.9 Å². The number of para-hydroxylation sites is 1. The van der Waals surface area contributed by atoms with E-state index in [1.54, 1.807) is 0 Å². The zero-order valence-electron chi connectivity index (χ0n) is 12.0. The maximum atomic E-state index is 9.78. The van der Waals surface area contributed by atoms with Crippen molar-refractivity contribution >= 4 is 0 Å². The Balaban J connectivity index is 1.68. The van der Waals surface area contributed by atoms with Gasteiger partial charge in [0, 0.05) is 17.6 Å². The zero-order valence-corrected chi connectivity index (χ0v) is 12.0. The highest BCUT2D eigenvalue weighted by Crippen LogP contribution is 2.36. The van der Waals surface area contributed by atoms with Crippen LogP contribution in [-0.4, -0.2) is 24.0 Å². The molecular formula is C16H23NO3. The number of rotatable bonds is 4. The van der Waals surface area contributed by atoms with Crippen LogP contribution in [0, 0.1) is 5.92 Å². The van der Waals surface area contributed by atoms with Crippen molar-refractivity contribution in [2.24, 2.45) is 5.92 Å². The van der Waals surface area contributed by atoms with Crippen LogP contribution in [0.2, 0.25) is 0 Å². The number of aliphatic hydroxyl groups excluding tert-OH is 1. The summed E-state index contributed by atoms with van der Waals surface area (Å²) >= 11 is 0. The normalized spacial score (nSPS) is 28.6. The SMILES string of the molecule is CC1CCC(CO)(NCc2cccc3c2OCO3)CC1. The van der Waals surface area contributed by atoms with E-state index in [-0.39, 0.29) is 12.1 Å². The van der Waals surface area contributed by atoms with Gasteiger partial charge in [0.05, 0.1) is 6.61 Å². The van der Waals surface area contributed by atoms with Crippen molar-refractivity contribution in [3.05, 3.63) is 23.8 Å². The molecule has 1 heterocycles. The van der Waals surface area contributed by atoms with Crippen LogP contribution in [0.5, 0.6) is 11.5 Å². The van der Waals surface area contributed by atoms with Crippen molar-refractivity contribution in [3.63, 3.8) is 0 Å². The van der Waals surface area contributed by atoms with Gasteiger partial charge in [0.1, 0.15) is 0 Å². The van der Waals surface area contributed by atoms with Gasteiger partial charge in [-0.05, 0) is 37.7 Å². The van der Waals surface area contributed by atoms with Crippen LogP contribution in [0.25, 0.3) is 0 Å². The first-order chi connectivity index (χ1) is 9.72. The standard InChI is InChI=1S/C16H23NO3/c1-12-5-7-16(10-18,8-6-12)17-9-13-3-2-4-14-15(13)20-11-19-14/h2-4,12,17-18H,5-11H2,1H3. The van der Waals surface area contributed by atoms with Gasteiger partial charge >= 0.3 is 0 Å². The summed E-state index contributed by atoms with van der Waals surface area (Å²) in [6, 6.07) is 5.96. The summed E-state index contributed by atoms with van der Waals surface area (Å²) in [6.07, 6.45) is 4.44. The fourth-order valence-corrected chi connectivity index (χ4v) is 3.12. The molecule has 0 radical (unpaired) electrons. The minimum absolute atomic E-state index is 0.130. The first-order valence-electron chi connectivity index (χ1n) is 7.46. The van der Waals surface area contributed by atoms with E-state index in [1.165, 1.54) is 12.8 Å². The van der Waals surface area contributed by atoms with Crippen molar-refractivity contribution in [1.82, 2.24) is 5.32 Å². The summed E-state index contributed by atoms with van der Waals surface area (Å²) in [4.78, 5) is 0. The van der Waals surface area contributed by atoms with E-state index in [9.17, 15) is 5.11 Å². The van der Waals surface area contributed by atoms with Crippen LogP contribution >= 0.6 is 0 Å². The van der Waals surface area contributed by atoms with Crippen molar-refractivity contribution in [3.8, 4) is 11.5 Å². The second kappa shape index (κ2) is 5.62. The lowest BCUT2D eigenvalue weighted by atomic mass is 9.77. The summed E-state index contributed by atoms with van der Waals surface area (Å²) in [7, 11) is 0. The zero-order chi connectivity index (χ0) is 14.0. The van der Waals surface area contributed by atoms with E-state index in [2.05, 4.69) is 18.3 Å². The molecule has 0 aromatic heterocycles. The summed E-state index contributed by atoms with van der Waals surface area (Å²) in [6.45, 7) is 3.50. The van der Waals surface area contributed by atoms with Crippen LogP contribution < -0.4 is 14.8 Å². The monoisotopic (exact) mass is 277 g/mol. The van der Waals surface area contributed by atoms with E-state index in [1.807, 2.05) is 12.1 Å². The number of hydrogen-bond donors (Lipinski definition) is 2. The Bertz CT molecular complexity index is 467. The molecule has 0 unspecified atom stereocenters. The van der Waals surface area contributed by atoms with Crippen LogP contribution in [0.1, 0.15) is 38.2 Å². The second-order valence-electron chi connectivity index (χ2n) is 6.13. The third-order valence-electron chi connectivity index (χ3n) is 4.67. The number of hydrogen-bond acceptors (Lipinski definition) is 4. The molecule has 0 saturated heterocycles. The molecule has 2 N–H and O–H groups in total. The first-order valence-corrected chi connectivity index (χ1v) is 7.46. The third-order valence-corrected chi connectivity index (χ3v) is 4.67. The summed E-state index contributed by atoms with van der Waals surface area (Å²) in [5.74, 6) is 2.44. The van der Waals surface area contributed by atoms with Gasteiger partial charge in [-0.25, -0.2) is 0 Å². The number of aliphatic hydroxyl groups is 1. The highest BCUT2D eigenvalue weighted by Gasteiger charge is 2.33. The Hall–Kier alpha value is -1.26. The summed E-state index contributed by atoms with van der Waals surface area (Å²) < 4.78 is 10.9. The van der Waals surface area contributed by atoms with E-state index in [4.69, 9.17) is 9.47 Å². The molecule has 1 aliphatic heterocycles. The van der Waals surface area contributed by atoms with E-state index in [0.29, 0.717) is 13.3 Å². The number of benzene rings is 1. The highest BCUT2D eigenvalue weighted by atomic mass is 16.7. The van der Waals surface area contributed by atoms with E-state index in [0.717, 1.165) is 35.8 Å². The third kappa shape index (κ3) is 2.63. The van der Waals surface area contributed by atoms with Gasteiger partial charge in [-0.2, -0.15) is 0 Å². The van der Waals surface area contributed by atoms with Gasteiger partial charge in [0.15, 0.2) is 11.5 Å². The summed E-state index contributed by atoms with van der Waals surface area (Å²) in [5, 5.41) is 13.3. The maximum absolute atomic E-state index is 9.78. The van der Waals surface area contributed by atoms with Crippen LogP contribution in [0.3, 0.4) is 0 Å². The number of ether oxygens (including phenoxy) is 2. The molecule has 2 aliphatic rings. The molecule has 1 aliphatic carbocycles. The number of nitrogens with one attached hydrogen (secondary N) is 1. The minimum atomic E-state index is -0.130.